The zero-order valence-electron chi connectivity index (χ0n) is 9.11. The van der Waals surface area contributed by atoms with E-state index in [1.165, 1.54) is 14.2 Å². The van der Waals surface area contributed by atoms with Crippen LogP contribution in [0.3, 0.4) is 0 Å². The first kappa shape index (κ1) is 11.8. The van der Waals surface area contributed by atoms with Gasteiger partial charge in [0.15, 0.2) is 0 Å². The van der Waals surface area contributed by atoms with Gasteiger partial charge in [0.2, 0.25) is 0 Å². The quantitative estimate of drug-likeness (QED) is 0.920. The summed E-state index contributed by atoms with van der Waals surface area (Å²) in [6.07, 6.45) is 4.02. The minimum atomic E-state index is 0.850. The molecule has 0 amide bonds. The van der Waals surface area contributed by atoms with Crippen molar-refractivity contribution < 1.29 is 0 Å². The molecule has 0 fully saturated rings. The molecule has 2 rings (SSSR count). The van der Waals surface area contributed by atoms with Crippen LogP contribution in [0, 0.1) is 0 Å². The molecule has 0 saturated heterocycles. The van der Waals surface area contributed by atoms with Gasteiger partial charge in [0.05, 0.1) is 16.5 Å². The molecule has 0 bridgehead atoms. The standard InChI is InChI=1S/C11H14BrN3S/c1-2-13-5-9-6-14-15(7-9)8-10-3-4-11(12)16-10/h3-4,6-7,13H,2,5,8H2,1H3. The Kier molecular flexibility index (Phi) is 4.15. The highest BCUT2D eigenvalue weighted by atomic mass is 79.9. The van der Waals surface area contributed by atoms with Gasteiger partial charge in [-0.2, -0.15) is 5.10 Å². The largest absolute Gasteiger partial charge is 0.313 e. The lowest BCUT2D eigenvalue weighted by Crippen LogP contribution is -2.11. The minimum Gasteiger partial charge on any atom is -0.313 e. The van der Waals surface area contributed by atoms with Gasteiger partial charge in [-0.15, -0.1) is 11.3 Å². The van der Waals surface area contributed by atoms with Gasteiger partial charge in [0.1, 0.15) is 0 Å². The van der Waals surface area contributed by atoms with Crippen molar-refractivity contribution in [3.8, 4) is 0 Å². The molecule has 2 aromatic rings. The summed E-state index contributed by atoms with van der Waals surface area (Å²) in [4.78, 5) is 1.31. The Morgan fingerprint density at radius 3 is 3.06 bits per heavy atom. The van der Waals surface area contributed by atoms with Crippen molar-refractivity contribution in [3.63, 3.8) is 0 Å². The van der Waals surface area contributed by atoms with Gasteiger partial charge >= 0.3 is 0 Å². The highest BCUT2D eigenvalue weighted by Crippen LogP contribution is 2.22. The number of thiophene rings is 1. The normalized spacial score (nSPS) is 10.9. The summed E-state index contributed by atoms with van der Waals surface area (Å²) in [6, 6.07) is 4.20. The van der Waals surface area contributed by atoms with E-state index in [1.807, 2.05) is 10.9 Å². The molecule has 0 radical (unpaired) electrons. The molecule has 0 saturated carbocycles. The van der Waals surface area contributed by atoms with Gasteiger partial charge in [-0.05, 0) is 34.6 Å². The lowest BCUT2D eigenvalue weighted by Gasteiger charge is -1.98. The summed E-state index contributed by atoms with van der Waals surface area (Å²) in [7, 11) is 0. The first-order chi connectivity index (χ1) is 7.78. The summed E-state index contributed by atoms with van der Waals surface area (Å²) in [5.41, 5.74) is 1.23. The summed E-state index contributed by atoms with van der Waals surface area (Å²) >= 11 is 5.21. The van der Waals surface area contributed by atoms with Gasteiger partial charge in [0.25, 0.3) is 0 Å². The molecule has 16 heavy (non-hydrogen) atoms. The van der Waals surface area contributed by atoms with Crippen LogP contribution in [0.2, 0.25) is 0 Å². The molecule has 1 N–H and O–H groups in total. The van der Waals surface area contributed by atoms with Crippen LogP contribution in [-0.4, -0.2) is 16.3 Å². The molecular weight excluding hydrogens is 286 g/mol. The van der Waals surface area contributed by atoms with Gasteiger partial charge in [-0.3, -0.25) is 4.68 Å². The summed E-state index contributed by atoms with van der Waals surface area (Å²) in [6.45, 7) is 4.84. The van der Waals surface area contributed by atoms with Crippen molar-refractivity contribution in [1.82, 2.24) is 15.1 Å². The van der Waals surface area contributed by atoms with Crippen LogP contribution in [0.4, 0.5) is 0 Å². The number of hydrogen-bond donors (Lipinski definition) is 1. The molecule has 0 atom stereocenters. The van der Waals surface area contributed by atoms with Crippen LogP contribution in [0.15, 0.2) is 28.3 Å². The van der Waals surface area contributed by atoms with Crippen molar-refractivity contribution in [2.75, 3.05) is 6.54 Å². The Morgan fingerprint density at radius 2 is 2.38 bits per heavy atom. The number of hydrogen-bond acceptors (Lipinski definition) is 3. The van der Waals surface area contributed by atoms with Gasteiger partial charge in [-0.1, -0.05) is 6.92 Å². The van der Waals surface area contributed by atoms with Crippen LogP contribution in [0.5, 0.6) is 0 Å². The number of aromatic nitrogens is 2. The van der Waals surface area contributed by atoms with Crippen molar-refractivity contribution in [2.24, 2.45) is 0 Å². The van der Waals surface area contributed by atoms with Crippen molar-refractivity contribution >= 4 is 27.3 Å². The smallest absolute Gasteiger partial charge is 0.0752 e. The average Bonchev–Trinajstić information content (AvgIpc) is 2.86. The molecule has 86 valence electrons. The lowest BCUT2D eigenvalue weighted by atomic mass is 10.3. The van der Waals surface area contributed by atoms with Crippen molar-refractivity contribution in [3.05, 3.63) is 38.8 Å². The lowest BCUT2D eigenvalue weighted by molar-refractivity contribution is 0.690. The van der Waals surface area contributed by atoms with Crippen LogP contribution >= 0.6 is 27.3 Å². The number of nitrogens with zero attached hydrogens (tertiary/aromatic N) is 2. The monoisotopic (exact) mass is 299 g/mol. The molecule has 2 heterocycles. The van der Waals surface area contributed by atoms with E-state index in [9.17, 15) is 0 Å². The molecule has 0 aromatic carbocycles. The minimum absolute atomic E-state index is 0.850. The fourth-order valence-electron chi connectivity index (χ4n) is 1.45. The average molecular weight is 300 g/mol. The fraction of sp³-hybridized carbons (Fsp3) is 0.364. The third-order valence-electron chi connectivity index (χ3n) is 2.21. The Labute approximate surface area is 108 Å². The Bertz CT molecular complexity index is 450. The zero-order chi connectivity index (χ0) is 11.4. The summed E-state index contributed by atoms with van der Waals surface area (Å²) in [5.74, 6) is 0. The molecule has 3 nitrogen and oxygen atoms in total. The van der Waals surface area contributed by atoms with E-state index >= 15 is 0 Å². The predicted octanol–water partition coefficient (Wildman–Crippen LogP) is 2.86. The SMILES string of the molecule is CCNCc1cnn(Cc2ccc(Br)s2)c1. The Balaban J connectivity index is 1.97. The highest BCUT2D eigenvalue weighted by molar-refractivity contribution is 9.11. The predicted molar refractivity (Wildman–Crippen MR) is 70.7 cm³/mol. The second-order valence-corrected chi connectivity index (χ2v) is 6.08. The van der Waals surface area contributed by atoms with Crippen LogP contribution in [0.25, 0.3) is 0 Å². The molecule has 0 aliphatic heterocycles. The first-order valence-electron chi connectivity index (χ1n) is 5.24. The molecule has 0 aliphatic carbocycles. The third kappa shape index (κ3) is 3.17. The molecule has 0 spiro atoms. The number of nitrogens with one attached hydrogen (secondary N) is 1. The van der Waals surface area contributed by atoms with Gasteiger partial charge in [0, 0.05) is 23.2 Å². The van der Waals surface area contributed by atoms with E-state index in [4.69, 9.17) is 0 Å². The fourth-order valence-corrected chi connectivity index (χ4v) is 2.93. The van der Waals surface area contributed by atoms with E-state index in [0.717, 1.165) is 19.6 Å². The van der Waals surface area contributed by atoms with E-state index in [1.54, 1.807) is 11.3 Å². The Hall–Kier alpha value is -0.650. The van der Waals surface area contributed by atoms with E-state index in [-0.39, 0.29) is 0 Å². The third-order valence-corrected chi connectivity index (χ3v) is 3.82. The van der Waals surface area contributed by atoms with Crippen LogP contribution in [0.1, 0.15) is 17.4 Å². The highest BCUT2D eigenvalue weighted by Gasteiger charge is 2.01. The molecule has 2 aromatic heterocycles. The summed E-state index contributed by atoms with van der Waals surface area (Å²) in [5, 5.41) is 7.63. The number of halogens is 1. The Morgan fingerprint density at radius 1 is 1.50 bits per heavy atom. The maximum absolute atomic E-state index is 4.34. The molecule has 5 heteroatoms. The van der Waals surface area contributed by atoms with Crippen molar-refractivity contribution in [2.45, 2.75) is 20.0 Å². The zero-order valence-corrected chi connectivity index (χ0v) is 11.5. The topological polar surface area (TPSA) is 29.9 Å². The van der Waals surface area contributed by atoms with Gasteiger partial charge in [-0.25, -0.2) is 0 Å². The second-order valence-electron chi connectivity index (χ2n) is 3.53. The molecule has 0 unspecified atom stereocenters. The van der Waals surface area contributed by atoms with Crippen LogP contribution in [-0.2, 0) is 13.1 Å². The first-order valence-corrected chi connectivity index (χ1v) is 6.85. The maximum atomic E-state index is 4.34. The molecule has 0 aliphatic rings. The van der Waals surface area contributed by atoms with Crippen molar-refractivity contribution in [1.29, 1.82) is 0 Å². The number of rotatable bonds is 5. The second kappa shape index (κ2) is 5.61. The van der Waals surface area contributed by atoms with Crippen LogP contribution < -0.4 is 5.32 Å². The summed E-state index contributed by atoms with van der Waals surface area (Å²) < 4.78 is 3.15. The van der Waals surface area contributed by atoms with Gasteiger partial charge < -0.3 is 5.32 Å². The molecular formula is C11H14BrN3S. The maximum Gasteiger partial charge on any atom is 0.0752 e. The van der Waals surface area contributed by atoms with E-state index < -0.39 is 0 Å². The van der Waals surface area contributed by atoms with E-state index in [2.05, 4.69) is 51.6 Å². The van der Waals surface area contributed by atoms with E-state index in [0.29, 0.717) is 0 Å².